The van der Waals surface area contributed by atoms with E-state index >= 15 is 0 Å². The molecule has 0 saturated heterocycles. The zero-order valence-corrected chi connectivity index (χ0v) is 12.4. The van der Waals surface area contributed by atoms with E-state index in [4.69, 9.17) is 16.3 Å². The van der Waals surface area contributed by atoms with Crippen LogP contribution in [0.3, 0.4) is 0 Å². The number of halogens is 1. The van der Waals surface area contributed by atoms with Crippen LogP contribution in [0.15, 0.2) is 47.8 Å². The van der Waals surface area contributed by atoms with Crippen LogP contribution in [0.25, 0.3) is 10.1 Å². The molecular weight excluding hydrogens is 292 g/mol. The maximum atomic E-state index is 10.7. The van der Waals surface area contributed by atoms with Crippen molar-refractivity contribution in [2.45, 2.75) is 6.10 Å². The van der Waals surface area contributed by atoms with Crippen LogP contribution in [-0.4, -0.2) is 12.2 Å². The molecule has 1 unspecified atom stereocenters. The SMILES string of the molecule is COc1ccc(Cl)cc1C(O)c1cccc2ccsc12. The van der Waals surface area contributed by atoms with Gasteiger partial charge in [0, 0.05) is 20.8 Å². The molecule has 1 heterocycles. The molecule has 0 radical (unpaired) electrons. The average Bonchev–Trinajstić information content (AvgIpc) is 2.94. The van der Waals surface area contributed by atoms with Crippen LogP contribution in [0.1, 0.15) is 17.2 Å². The van der Waals surface area contributed by atoms with Crippen molar-refractivity contribution in [3.05, 3.63) is 64.0 Å². The smallest absolute Gasteiger partial charge is 0.125 e. The molecule has 0 amide bonds. The van der Waals surface area contributed by atoms with Crippen molar-refractivity contribution in [3.63, 3.8) is 0 Å². The maximum Gasteiger partial charge on any atom is 0.125 e. The van der Waals surface area contributed by atoms with Crippen molar-refractivity contribution in [1.29, 1.82) is 0 Å². The Kier molecular flexibility index (Phi) is 3.66. The molecule has 1 N–H and O–H groups in total. The monoisotopic (exact) mass is 304 g/mol. The Hall–Kier alpha value is -1.55. The van der Waals surface area contributed by atoms with Gasteiger partial charge in [-0.25, -0.2) is 0 Å². The zero-order chi connectivity index (χ0) is 14.1. The molecule has 2 aromatic carbocycles. The first-order valence-electron chi connectivity index (χ1n) is 6.18. The molecule has 20 heavy (non-hydrogen) atoms. The summed E-state index contributed by atoms with van der Waals surface area (Å²) >= 11 is 7.66. The first-order chi connectivity index (χ1) is 9.70. The standard InChI is InChI=1S/C16H13ClO2S/c1-19-14-6-5-11(17)9-13(14)15(18)12-4-2-3-10-7-8-20-16(10)12/h2-9,15,18H,1H3. The summed E-state index contributed by atoms with van der Waals surface area (Å²) in [4.78, 5) is 0. The minimum absolute atomic E-state index is 0.582. The second-order valence-corrected chi connectivity index (χ2v) is 5.83. The second-order valence-electron chi connectivity index (χ2n) is 4.48. The Morgan fingerprint density at radius 1 is 1.15 bits per heavy atom. The van der Waals surface area contributed by atoms with Crippen LogP contribution in [0.2, 0.25) is 5.02 Å². The quantitative estimate of drug-likeness (QED) is 0.763. The predicted molar refractivity (Wildman–Crippen MR) is 83.9 cm³/mol. The van der Waals surface area contributed by atoms with Gasteiger partial charge in [0.1, 0.15) is 11.9 Å². The van der Waals surface area contributed by atoms with E-state index in [0.717, 1.165) is 15.6 Å². The molecule has 102 valence electrons. The average molecular weight is 305 g/mol. The lowest BCUT2D eigenvalue weighted by Crippen LogP contribution is -2.02. The summed E-state index contributed by atoms with van der Waals surface area (Å²) in [5.74, 6) is 0.635. The Morgan fingerprint density at radius 2 is 2.00 bits per heavy atom. The Bertz CT molecular complexity index is 751. The summed E-state index contributed by atoms with van der Waals surface area (Å²) in [7, 11) is 1.59. The van der Waals surface area contributed by atoms with E-state index in [1.807, 2.05) is 29.6 Å². The molecule has 1 atom stereocenters. The molecule has 0 bridgehead atoms. The van der Waals surface area contributed by atoms with Crippen molar-refractivity contribution in [3.8, 4) is 5.75 Å². The van der Waals surface area contributed by atoms with E-state index in [0.29, 0.717) is 16.3 Å². The van der Waals surface area contributed by atoms with Crippen molar-refractivity contribution >= 4 is 33.0 Å². The van der Waals surface area contributed by atoms with Crippen LogP contribution in [0.4, 0.5) is 0 Å². The molecule has 1 aromatic heterocycles. The highest BCUT2D eigenvalue weighted by Gasteiger charge is 2.18. The van der Waals surface area contributed by atoms with E-state index in [1.165, 1.54) is 0 Å². The fourth-order valence-electron chi connectivity index (χ4n) is 2.32. The Morgan fingerprint density at radius 3 is 2.80 bits per heavy atom. The van der Waals surface area contributed by atoms with Gasteiger partial charge in [0.25, 0.3) is 0 Å². The number of hydrogen-bond donors (Lipinski definition) is 1. The number of hydrogen-bond acceptors (Lipinski definition) is 3. The normalized spacial score (nSPS) is 12.6. The fourth-order valence-corrected chi connectivity index (χ4v) is 3.44. The van der Waals surface area contributed by atoms with Crippen molar-refractivity contribution in [2.24, 2.45) is 0 Å². The number of aliphatic hydroxyl groups excluding tert-OH is 1. The van der Waals surface area contributed by atoms with Crippen LogP contribution < -0.4 is 4.74 Å². The minimum Gasteiger partial charge on any atom is -0.496 e. The molecule has 0 aliphatic rings. The third kappa shape index (κ3) is 2.29. The van der Waals surface area contributed by atoms with E-state index in [-0.39, 0.29) is 0 Å². The van der Waals surface area contributed by atoms with Gasteiger partial charge in [-0.2, -0.15) is 0 Å². The number of rotatable bonds is 3. The van der Waals surface area contributed by atoms with E-state index < -0.39 is 6.10 Å². The third-order valence-electron chi connectivity index (χ3n) is 3.29. The molecular formula is C16H13ClO2S. The summed E-state index contributed by atoms with van der Waals surface area (Å²) in [5.41, 5.74) is 1.55. The van der Waals surface area contributed by atoms with E-state index in [1.54, 1.807) is 36.6 Å². The van der Waals surface area contributed by atoms with Gasteiger partial charge in [-0.3, -0.25) is 0 Å². The van der Waals surface area contributed by atoms with Crippen LogP contribution in [-0.2, 0) is 0 Å². The van der Waals surface area contributed by atoms with E-state index in [9.17, 15) is 5.11 Å². The van der Waals surface area contributed by atoms with Crippen LogP contribution in [0.5, 0.6) is 5.75 Å². The molecule has 0 saturated carbocycles. The lowest BCUT2D eigenvalue weighted by Gasteiger charge is -2.16. The summed E-state index contributed by atoms with van der Waals surface area (Å²) in [5, 5.41) is 14.5. The van der Waals surface area contributed by atoms with Gasteiger partial charge in [-0.15, -0.1) is 11.3 Å². The van der Waals surface area contributed by atoms with Gasteiger partial charge < -0.3 is 9.84 Å². The third-order valence-corrected chi connectivity index (χ3v) is 4.50. The summed E-state index contributed by atoms with van der Waals surface area (Å²) in [6.45, 7) is 0. The first kappa shape index (κ1) is 13.4. The van der Waals surface area contributed by atoms with Crippen molar-refractivity contribution < 1.29 is 9.84 Å². The first-order valence-corrected chi connectivity index (χ1v) is 7.44. The lowest BCUT2D eigenvalue weighted by atomic mass is 9.99. The number of fused-ring (bicyclic) bond motifs is 1. The van der Waals surface area contributed by atoms with Gasteiger partial charge in [-0.05, 0) is 35.0 Å². The summed E-state index contributed by atoms with van der Waals surface area (Å²) in [6, 6.07) is 13.2. The molecule has 0 spiro atoms. The second kappa shape index (κ2) is 5.44. The Balaban J connectivity index is 2.15. The number of benzene rings is 2. The van der Waals surface area contributed by atoms with Gasteiger partial charge in [0.05, 0.1) is 7.11 Å². The highest BCUT2D eigenvalue weighted by Crippen LogP contribution is 2.36. The molecule has 3 rings (SSSR count). The largest absolute Gasteiger partial charge is 0.496 e. The van der Waals surface area contributed by atoms with Gasteiger partial charge in [0.2, 0.25) is 0 Å². The highest BCUT2D eigenvalue weighted by molar-refractivity contribution is 7.17. The van der Waals surface area contributed by atoms with Gasteiger partial charge in [-0.1, -0.05) is 29.8 Å². The fraction of sp³-hybridized carbons (Fsp3) is 0.125. The summed E-state index contributed by atoms with van der Waals surface area (Å²) in [6.07, 6.45) is -0.758. The number of ether oxygens (including phenoxy) is 1. The van der Waals surface area contributed by atoms with Crippen molar-refractivity contribution in [1.82, 2.24) is 0 Å². The molecule has 2 nitrogen and oxygen atoms in total. The molecule has 4 heteroatoms. The van der Waals surface area contributed by atoms with Gasteiger partial charge in [0.15, 0.2) is 0 Å². The zero-order valence-electron chi connectivity index (χ0n) is 10.8. The number of aliphatic hydroxyl groups is 1. The lowest BCUT2D eigenvalue weighted by molar-refractivity contribution is 0.216. The minimum atomic E-state index is -0.758. The van der Waals surface area contributed by atoms with Crippen LogP contribution >= 0.6 is 22.9 Å². The topological polar surface area (TPSA) is 29.5 Å². The number of thiophene rings is 1. The molecule has 0 aliphatic carbocycles. The highest BCUT2D eigenvalue weighted by atomic mass is 35.5. The molecule has 0 aliphatic heterocycles. The maximum absolute atomic E-state index is 10.7. The Labute approximate surface area is 126 Å². The molecule has 0 fully saturated rings. The van der Waals surface area contributed by atoms with Crippen LogP contribution in [0, 0.1) is 0 Å². The van der Waals surface area contributed by atoms with Crippen molar-refractivity contribution in [2.75, 3.05) is 7.11 Å². The predicted octanol–water partition coefficient (Wildman–Crippen LogP) is 4.65. The van der Waals surface area contributed by atoms with E-state index in [2.05, 4.69) is 0 Å². The van der Waals surface area contributed by atoms with Gasteiger partial charge >= 0.3 is 0 Å². The summed E-state index contributed by atoms with van der Waals surface area (Å²) < 4.78 is 6.41. The molecule has 3 aromatic rings. The number of methoxy groups -OCH3 is 1.